The van der Waals surface area contributed by atoms with E-state index in [0.717, 1.165) is 6.08 Å². The minimum absolute atomic E-state index is 0.487. The molecule has 0 rings (SSSR count). The smallest absolute Gasteiger partial charge is 0.456 e. The molecule has 0 aliphatic carbocycles. The zero-order chi connectivity index (χ0) is 8.20. The average Bonchev–Trinajstić information content (AvgIpc) is 1.84. The molecule has 0 amide bonds. The van der Waals surface area contributed by atoms with Gasteiger partial charge in [0, 0.05) is 0 Å². The summed E-state index contributed by atoms with van der Waals surface area (Å²) in [5.41, 5.74) is 0. The molecule has 0 atom stereocenters. The molecule has 5 heteroatoms. The van der Waals surface area contributed by atoms with Crippen LogP contribution in [0.25, 0.3) is 0 Å². The van der Waals surface area contributed by atoms with Crippen LogP contribution in [0.1, 0.15) is 0 Å². The maximum absolute atomic E-state index is 11.9. The van der Waals surface area contributed by atoms with Crippen LogP contribution >= 0.6 is 0 Å². The molecule has 0 bridgehead atoms. The predicted molar refractivity (Wildman–Crippen MR) is 28.7 cm³/mol. The molecular weight excluding hydrogens is 146 g/mol. The lowest BCUT2D eigenvalue weighted by atomic mass is 10.6. The van der Waals surface area contributed by atoms with E-state index in [0.29, 0.717) is 0 Å². The lowest BCUT2D eigenvalue weighted by Crippen LogP contribution is -2.31. The molecule has 0 radical (unpaired) electrons. The second-order valence-corrected chi connectivity index (χ2v) is 1.42. The molecule has 3 nitrogen and oxygen atoms in total. The van der Waals surface area contributed by atoms with E-state index in [1.54, 1.807) is 0 Å². The van der Waals surface area contributed by atoms with Crippen LogP contribution < -0.4 is 0 Å². The molecule has 58 valence electrons. The van der Waals surface area contributed by atoms with Gasteiger partial charge in [0.05, 0.1) is 6.61 Å². The van der Waals surface area contributed by atoms with Crippen LogP contribution in [-0.2, 0) is 9.53 Å². The molecule has 0 aromatic carbocycles. The van der Waals surface area contributed by atoms with Crippen molar-refractivity contribution in [3.05, 3.63) is 12.7 Å². The van der Waals surface area contributed by atoms with Gasteiger partial charge in [0.1, 0.15) is 0 Å². The summed E-state index contributed by atoms with van der Waals surface area (Å²) in [6.07, 6.45) is -3.06. The topological polar surface area (TPSA) is 46.5 Å². The third-order valence-corrected chi connectivity index (χ3v) is 0.631. The Morgan fingerprint density at radius 1 is 1.80 bits per heavy atom. The minimum atomic E-state index is -4.10. The Labute approximate surface area is 55.9 Å². The van der Waals surface area contributed by atoms with Crippen LogP contribution in [0.3, 0.4) is 0 Å². The Bertz CT molecular complexity index is 144. The summed E-state index contributed by atoms with van der Waals surface area (Å²) in [7, 11) is 0. The quantitative estimate of drug-likeness (QED) is 0.608. The number of carbonyl (C=O) groups is 1. The summed E-state index contributed by atoms with van der Waals surface area (Å²) in [5.74, 6) is -2.30. The van der Waals surface area contributed by atoms with E-state index in [1.807, 2.05) is 0 Å². The molecule has 0 spiro atoms. The van der Waals surface area contributed by atoms with Crippen LogP contribution in [-0.4, -0.2) is 23.8 Å². The zero-order valence-corrected chi connectivity index (χ0v) is 5.01. The van der Waals surface area contributed by atoms with Gasteiger partial charge in [-0.2, -0.15) is 8.78 Å². The molecule has 0 heterocycles. The monoisotopic (exact) mass is 152 g/mol. The van der Waals surface area contributed by atoms with Crippen LogP contribution in [0.5, 0.6) is 0 Å². The van der Waals surface area contributed by atoms with E-state index >= 15 is 0 Å². The van der Waals surface area contributed by atoms with Crippen molar-refractivity contribution >= 4 is 5.97 Å². The number of aliphatic carboxylic acids is 1. The third kappa shape index (κ3) is 2.54. The number of halogens is 2. The molecule has 1 N–H and O–H groups in total. The fraction of sp³-hybridized carbons (Fsp3) is 0.400. The van der Waals surface area contributed by atoms with Crippen molar-refractivity contribution < 1.29 is 23.4 Å². The largest absolute Gasteiger partial charge is 0.475 e. The second kappa shape index (κ2) is 3.26. The SMILES string of the molecule is C=CCOC(F)(F)C(=O)O. The molecule has 0 aromatic heterocycles. The number of hydrogen-bond acceptors (Lipinski definition) is 2. The zero-order valence-electron chi connectivity index (χ0n) is 5.01. The summed E-state index contributed by atoms with van der Waals surface area (Å²) >= 11 is 0. The van der Waals surface area contributed by atoms with Gasteiger partial charge in [-0.3, -0.25) is 0 Å². The highest BCUT2D eigenvalue weighted by Gasteiger charge is 2.39. The summed E-state index contributed by atoms with van der Waals surface area (Å²) in [5, 5.41) is 7.76. The summed E-state index contributed by atoms with van der Waals surface area (Å²) in [4.78, 5) is 9.62. The summed E-state index contributed by atoms with van der Waals surface area (Å²) < 4.78 is 27.3. The van der Waals surface area contributed by atoms with Crippen molar-refractivity contribution in [1.82, 2.24) is 0 Å². The van der Waals surface area contributed by atoms with Gasteiger partial charge in [-0.25, -0.2) is 4.79 Å². The van der Waals surface area contributed by atoms with Gasteiger partial charge in [-0.15, -0.1) is 6.58 Å². The van der Waals surface area contributed by atoms with Crippen LogP contribution in [0, 0.1) is 0 Å². The second-order valence-electron chi connectivity index (χ2n) is 1.42. The first-order chi connectivity index (χ1) is 4.50. The number of carboxylic acids is 1. The molecule has 0 aliphatic rings. The average molecular weight is 152 g/mol. The molecule has 0 fully saturated rings. The molecule has 0 aromatic rings. The molecular formula is C5H6F2O3. The minimum Gasteiger partial charge on any atom is -0.475 e. The van der Waals surface area contributed by atoms with Gasteiger partial charge in [0.25, 0.3) is 0 Å². The fourth-order valence-electron chi connectivity index (χ4n) is 0.225. The van der Waals surface area contributed by atoms with E-state index in [4.69, 9.17) is 5.11 Å². The van der Waals surface area contributed by atoms with E-state index < -0.39 is 18.7 Å². The lowest BCUT2D eigenvalue weighted by Gasteiger charge is -2.08. The van der Waals surface area contributed by atoms with Crippen molar-refractivity contribution in [2.45, 2.75) is 6.11 Å². The van der Waals surface area contributed by atoms with Crippen molar-refractivity contribution in [2.24, 2.45) is 0 Å². The molecule has 10 heavy (non-hydrogen) atoms. The van der Waals surface area contributed by atoms with Crippen molar-refractivity contribution in [3.63, 3.8) is 0 Å². The fourth-order valence-corrected chi connectivity index (χ4v) is 0.225. The normalized spacial score (nSPS) is 11.0. The molecule has 0 aliphatic heterocycles. The molecule has 0 unspecified atom stereocenters. The van der Waals surface area contributed by atoms with E-state index in [2.05, 4.69) is 11.3 Å². The third-order valence-electron chi connectivity index (χ3n) is 0.631. The van der Waals surface area contributed by atoms with E-state index in [1.165, 1.54) is 0 Å². The maximum Gasteiger partial charge on any atom is 0.456 e. The highest BCUT2D eigenvalue weighted by atomic mass is 19.3. The van der Waals surface area contributed by atoms with Gasteiger partial charge in [-0.05, 0) is 0 Å². The summed E-state index contributed by atoms with van der Waals surface area (Å²) in [6.45, 7) is 2.59. The highest BCUT2D eigenvalue weighted by molar-refractivity contribution is 5.73. The Morgan fingerprint density at radius 3 is 2.60 bits per heavy atom. The number of alkyl halides is 2. The van der Waals surface area contributed by atoms with Crippen molar-refractivity contribution in [3.8, 4) is 0 Å². The Balaban J connectivity index is 3.86. The predicted octanol–water partition coefficient (Wildman–Crippen LogP) is 0.866. The van der Waals surface area contributed by atoms with Gasteiger partial charge < -0.3 is 9.84 Å². The highest BCUT2D eigenvalue weighted by Crippen LogP contribution is 2.14. The number of hydrogen-bond donors (Lipinski definition) is 1. The van der Waals surface area contributed by atoms with Gasteiger partial charge in [0.15, 0.2) is 0 Å². The lowest BCUT2D eigenvalue weighted by molar-refractivity contribution is -0.241. The number of rotatable bonds is 4. The molecule has 0 saturated heterocycles. The first kappa shape index (κ1) is 9.03. The first-order valence-electron chi connectivity index (χ1n) is 2.36. The van der Waals surface area contributed by atoms with E-state index in [9.17, 15) is 13.6 Å². The standard InChI is InChI=1S/C5H6F2O3/c1-2-3-10-5(6,7)4(8)9/h2H,1,3H2,(H,8,9). The Kier molecular flexibility index (Phi) is 2.95. The Morgan fingerprint density at radius 2 is 2.30 bits per heavy atom. The maximum atomic E-state index is 11.9. The van der Waals surface area contributed by atoms with Crippen LogP contribution in [0.2, 0.25) is 0 Å². The van der Waals surface area contributed by atoms with Crippen molar-refractivity contribution in [2.75, 3.05) is 6.61 Å². The summed E-state index contributed by atoms with van der Waals surface area (Å²) in [6, 6.07) is 0. The van der Waals surface area contributed by atoms with Gasteiger partial charge >= 0.3 is 12.1 Å². The van der Waals surface area contributed by atoms with Crippen LogP contribution in [0.4, 0.5) is 8.78 Å². The van der Waals surface area contributed by atoms with Gasteiger partial charge in [-0.1, -0.05) is 6.08 Å². The van der Waals surface area contributed by atoms with Crippen molar-refractivity contribution in [1.29, 1.82) is 0 Å². The molecule has 0 saturated carbocycles. The number of ether oxygens (including phenoxy) is 1. The number of carboxylic acid groups (broad SMARTS) is 1. The Hall–Kier alpha value is -0.970. The van der Waals surface area contributed by atoms with E-state index in [-0.39, 0.29) is 0 Å². The first-order valence-corrected chi connectivity index (χ1v) is 2.36. The van der Waals surface area contributed by atoms with Gasteiger partial charge in [0.2, 0.25) is 0 Å². The van der Waals surface area contributed by atoms with Crippen LogP contribution in [0.15, 0.2) is 12.7 Å².